The fourth-order valence-corrected chi connectivity index (χ4v) is 3.12. The quantitative estimate of drug-likeness (QED) is 0.483. The second-order valence-corrected chi connectivity index (χ2v) is 6.18. The molecule has 26 heavy (non-hydrogen) atoms. The van der Waals surface area contributed by atoms with Crippen molar-refractivity contribution >= 4 is 28.9 Å². The summed E-state index contributed by atoms with van der Waals surface area (Å²) < 4.78 is 5.18. The zero-order chi connectivity index (χ0) is 18.5. The summed E-state index contributed by atoms with van der Waals surface area (Å²) >= 11 is 1.56. The van der Waals surface area contributed by atoms with Gasteiger partial charge >= 0.3 is 0 Å². The molecular weight excluding hydrogens is 348 g/mol. The van der Waals surface area contributed by atoms with Crippen molar-refractivity contribution < 1.29 is 4.74 Å². The first-order valence-corrected chi connectivity index (χ1v) is 8.57. The highest BCUT2D eigenvalue weighted by molar-refractivity contribution is 7.13. The highest BCUT2D eigenvalue weighted by atomic mass is 32.1. The van der Waals surface area contributed by atoms with Crippen LogP contribution in [0.5, 0.6) is 5.75 Å². The van der Waals surface area contributed by atoms with Gasteiger partial charge in [0.25, 0.3) is 0 Å². The lowest BCUT2D eigenvalue weighted by molar-refractivity contribution is 0.415. The van der Waals surface area contributed by atoms with E-state index in [-0.39, 0.29) is 11.9 Å². The molecule has 0 bridgehead atoms. The monoisotopic (exact) mass is 366 g/mol. The Kier molecular flexibility index (Phi) is 5.14. The fourth-order valence-electron chi connectivity index (χ4n) is 2.30. The van der Waals surface area contributed by atoms with E-state index in [1.165, 1.54) is 0 Å². The molecule has 7 nitrogen and oxygen atoms in total. The van der Waals surface area contributed by atoms with Crippen molar-refractivity contribution in [2.45, 2.75) is 0 Å². The van der Waals surface area contributed by atoms with Gasteiger partial charge in [-0.3, -0.25) is 0 Å². The van der Waals surface area contributed by atoms with Gasteiger partial charge in [-0.25, -0.2) is 9.98 Å². The average Bonchev–Trinajstić information content (AvgIpc) is 3.11. The zero-order valence-electron chi connectivity index (χ0n) is 14.1. The van der Waals surface area contributed by atoms with Gasteiger partial charge in [0.2, 0.25) is 5.96 Å². The van der Waals surface area contributed by atoms with Crippen LogP contribution >= 0.6 is 11.3 Å². The van der Waals surface area contributed by atoms with Crippen LogP contribution in [0.2, 0.25) is 0 Å². The number of hydrogen-bond donors (Lipinski definition) is 3. The van der Waals surface area contributed by atoms with Crippen LogP contribution in [0.3, 0.4) is 0 Å². The number of nitrogens with zero attached hydrogens (tertiary/aromatic N) is 3. The largest absolute Gasteiger partial charge is 0.497 e. The Morgan fingerprint density at radius 2 is 1.81 bits per heavy atom. The van der Waals surface area contributed by atoms with E-state index < -0.39 is 0 Å². The molecule has 0 aliphatic heterocycles. The number of hydrogen-bond acceptors (Lipinski definition) is 4. The summed E-state index contributed by atoms with van der Waals surface area (Å²) in [6.45, 7) is 0. The van der Waals surface area contributed by atoms with Crippen LogP contribution in [-0.4, -0.2) is 24.0 Å². The molecule has 0 saturated heterocycles. The standard InChI is InChI=1S/C18H18N6OS/c1-25-14-7-5-11(6-8-14)15-10-26-16(23-15)12-3-2-4-13(9-12)22-18(21)24-17(19)20/h2-10H,1H3,(H6,19,20,21,22,24). The van der Waals surface area contributed by atoms with Crippen molar-refractivity contribution in [2.75, 3.05) is 7.11 Å². The van der Waals surface area contributed by atoms with Gasteiger partial charge in [0, 0.05) is 16.5 Å². The second kappa shape index (κ2) is 7.66. The van der Waals surface area contributed by atoms with Gasteiger partial charge in [0.05, 0.1) is 18.5 Å². The first kappa shape index (κ1) is 17.4. The average molecular weight is 366 g/mol. The van der Waals surface area contributed by atoms with E-state index in [2.05, 4.69) is 9.98 Å². The lowest BCUT2D eigenvalue weighted by Crippen LogP contribution is -2.26. The molecule has 0 spiro atoms. The summed E-state index contributed by atoms with van der Waals surface area (Å²) in [5, 5.41) is 2.90. The van der Waals surface area contributed by atoms with Gasteiger partial charge in [-0.05, 0) is 36.4 Å². The number of ether oxygens (including phenoxy) is 1. The molecule has 6 N–H and O–H groups in total. The Balaban J connectivity index is 1.87. The van der Waals surface area contributed by atoms with E-state index in [4.69, 9.17) is 26.9 Å². The minimum Gasteiger partial charge on any atom is -0.497 e. The van der Waals surface area contributed by atoms with E-state index in [9.17, 15) is 0 Å². The second-order valence-electron chi connectivity index (χ2n) is 5.32. The Morgan fingerprint density at radius 3 is 2.50 bits per heavy atom. The first-order valence-electron chi connectivity index (χ1n) is 7.69. The molecule has 8 heteroatoms. The molecule has 2 aromatic carbocycles. The molecule has 0 fully saturated rings. The Bertz CT molecular complexity index is 958. The molecule has 0 amide bonds. The minimum absolute atomic E-state index is 0.000195. The summed E-state index contributed by atoms with van der Waals surface area (Å²) in [5.41, 5.74) is 19.8. The molecule has 132 valence electrons. The van der Waals surface area contributed by atoms with Crippen molar-refractivity contribution in [2.24, 2.45) is 27.2 Å². The number of guanidine groups is 2. The number of methoxy groups -OCH3 is 1. The van der Waals surface area contributed by atoms with Crippen molar-refractivity contribution in [3.63, 3.8) is 0 Å². The molecule has 0 unspecified atom stereocenters. The lowest BCUT2D eigenvalue weighted by atomic mass is 10.1. The Labute approximate surface area is 154 Å². The van der Waals surface area contributed by atoms with E-state index in [0.717, 1.165) is 27.6 Å². The smallest absolute Gasteiger partial charge is 0.223 e. The van der Waals surface area contributed by atoms with Crippen LogP contribution in [0.4, 0.5) is 5.69 Å². The van der Waals surface area contributed by atoms with E-state index in [1.807, 2.05) is 53.9 Å². The van der Waals surface area contributed by atoms with Crippen molar-refractivity contribution in [1.82, 2.24) is 4.98 Å². The predicted octanol–water partition coefficient (Wildman–Crippen LogP) is 2.71. The van der Waals surface area contributed by atoms with Gasteiger partial charge in [0.15, 0.2) is 5.96 Å². The van der Waals surface area contributed by atoms with Crippen LogP contribution in [-0.2, 0) is 0 Å². The van der Waals surface area contributed by atoms with Gasteiger partial charge in [-0.2, -0.15) is 4.99 Å². The molecule has 1 aromatic heterocycles. The highest BCUT2D eigenvalue weighted by Crippen LogP contribution is 2.31. The molecule has 1 heterocycles. The van der Waals surface area contributed by atoms with Crippen LogP contribution in [0.25, 0.3) is 21.8 Å². The molecule has 3 aromatic rings. The van der Waals surface area contributed by atoms with Crippen LogP contribution < -0.4 is 21.9 Å². The van der Waals surface area contributed by atoms with Crippen molar-refractivity contribution in [3.05, 3.63) is 53.9 Å². The van der Waals surface area contributed by atoms with Gasteiger partial charge in [-0.15, -0.1) is 11.3 Å². The first-order chi connectivity index (χ1) is 12.5. The van der Waals surface area contributed by atoms with E-state index in [0.29, 0.717) is 5.69 Å². The number of nitrogens with two attached hydrogens (primary N) is 3. The molecule has 0 atom stereocenters. The van der Waals surface area contributed by atoms with Gasteiger partial charge in [-0.1, -0.05) is 12.1 Å². The molecule has 0 saturated carbocycles. The topological polar surface area (TPSA) is 125 Å². The number of benzene rings is 2. The predicted molar refractivity (Wildman–Crippen MR) is 107 cm³/mol. The van der Waals surface area contributed by atoms with Crippen molar-refractivity contribution in [1.29, 1.82) is 0 Å². The molecule has 0 radical (unpaired) electrons. The third-order valence-corrected chi connectivity index (χ3v) is 4.36. The summed E-state index contributed by atoms with van der Waals surface area (Å²) in [7, 11) is 1.64. The fraction of sp³-hybridized carbons (Fsp3) is 0.0556. The minimum atomic E-state index is -0.133. The summed E-state index contributed by atoms with van der Waals surface area (Å²) in [4.78, 5) is 12.6. The maximum atomic E-state index is 5.68. The van der Waals surface area contributed by atoms with Crippen LogP contribution in [0.15, 0.2) is 63.9 Å². The van der Waals surface area contributed by atoms with Gasteiger partial charge < -0.3 is 21.9 Å². The Hall–Kier alpha value is -3.39. The zero-order valence-corrected chi connectivity index (χ0v) is 14.9. The normalized spacial score (nSPS) is 11.2. The summed E-state index contributed by atoms with van der Waals surface area (Å²) in [5.74, 6) is 0.680. The maximum Gasteiger partial charge on any atom is 0.223 e. The van der Waals surface area contributed by atoms with Gasteiger partial charge in [0.1, 0.15) is 10.8 Å². The van der Waals surface area contributed by atoms with E-state index >= 15 is 0 Å². The highest BCUT2D eigenvalue weighted by Gasteiger charge is 2.08. The van der Waals surface area contributed by atoms with Crippen LogP contribution in [0.1, 0.15) is 0 Å². The van der Waals surface area contributed by atoms with Crippen molar-refractivity contribution in [3.8, 4) is 27.6 Å². The molecule has 0 aliphatic rings. The number of aliphatic imine (C=N–C) groups is 2. The lowest BCUT2D eigenvalue weighted by Gasteiger charge is -2.01. The third kappa shape index (κ3) is 4.17. The van der Waals surface area contributed by atoms with Crippen LogP contribution in [0, 0.1) is 0 Å². The SMILES string of the molecule is COc1ccc(-c2csc(-c3cccc(N=C(N)N=C(N)N)c3)n2)cc1. The Morgan fingerprint density at radius 1 is 1.04 bits per heavy atom. The number of rotatable bonds is 4. The number of aromatic nitrogens is 1. The summed E-state index contributed by atoms with van der Waals surface area (Å²) in [6.07, 6.45) is 0. The molecule has 0 aliphatic carbocycles. The third-order valence-electron chi connectivity index (χ3n) is 3.47. The van der Waals surface area contributed by atoms with E-state index in [1.54, 1.807) is 18.4 Å². The number of thiazole rings is 1. The maximum absolute atomic E-state index is 5.68. The summed E-state index contributed by atoms with van der Waals surface area (Å²) in [6, 6.07) is 15.3. The molecular formula is C18H18N6OS. The molecule has 3 rings (SSSR count).